The van der Waals surface area contributed by atoms with Crippen molar-refractivity contribution in [1.29, 1.82) is 0 Å². The Hall–Kier alpha value is -2.23. The van der Waals surface area contributed by atoms with Crippen LogP contribution in [0.2, 0.25) is 0 Å². The van der Waals surface area contributed by atoms with Crippen LogP contribution in [-0.4, -0.2) is 21.9 Å². The topological polar surface area (TPSA) is 37.3 Å². The van der Waals surface area contributed by atoms with Gasteiger partial charge in [-0.3, -0.25) is 4.79 Å². The van der Waals surface area contributed by atoms with Crippen molar-refractivity contribution >= 4 is 11.6 Å². The summed E-state index contributed by atoms with van der Waals surface area (Å²) in [4.78, 5) is 15.0. The SMILES string of the molecule is CCCN1C(=O)c2ccccc2N[C@H]1c1cc(C)n(C2CC2)c1C. The highest BCUT2D eigenvalue weighted by atomic mass is 16.2. The van der Waals surface area contributed by atoms with E-state index in [1.807, 2.05) is 29.2 Å². The first-order valence-corrected chi connectivity index (χ1v) is 8.96. The maximum absolute atomic E-state index is 13.0. The molecule has 2 aromatic rings. The van der Waals surface area contributed by atoms with Crippen LogP contribution in [0.25, 0.3) is 0 Å². The number of aryl methyl sites for hydroxylation is 1. The van der Waals surface area contributed by atoms with Crippen molar-refractivity contribution < 1.29 is 4.79 Å². The molecule has 1 saturated carbocycles. The summed E-state index contributed by atoms with van der Waals surface area (Å²) in [5, 5.41) is 3.61. The molecule has 1 aliphatic carbocycles. The first-order valence-electron chi connectivity index (χ1n) is 8.96. The van der Waals surface area contributed by atoms with Crippen LogP contribution < -0.4 is 5.32 Å². The molecule has 0 radical (unpaired) electrons. The monoisotopic (exact) mass is 323 g/mol. The Labute approximate surface area is 143 Å². The summed E-state index contributed by atoms with van der Waals surface area (Å²) in [6, 6.07) is 10.8. The zero-order valence-corrected chi connectivity index (χ0v) is 14.7. The molecule has 0 spiro atoms. The predicted octanol–water partition coefficient (Wildman–Crippen LogP) is 4.42. The number of hydrogen-bond acceptors (Lipinski definition) is 2. The van der Waals surface area contributed by atoms with Crippen molar-refractivity contribution in [2.24, 2.45) is 0 Å². The Morgan fingerprint density at radius 2 is 1.96 bits per heavy atom. The fourth-order valence-corrected chi connectivity index (χ4v) is 3.98. The Balaban J connectivity index is 1.78. The summed E-state index contributed by atoms with van der Waals surface area (Å²) < 4.78 is 2.45. The molecular formula is C20H25N3O. The van der Waals surface area contributed by atoms with E-state index in [0.29, 0.717) is 6.04 Å². The molecule has 1 N–H and O–H groups in total. The number of para-hydroxylation sites is 1. The van der Waals surface area contributed by atoms with Crippen LogP contribution in [-0.2, 0) is 0 Å². The minimum atomic E-state index is -0.0777. The molecule has 4 heteroatoms. The number of nitrogens with one attached hydrogen (secondary N) is 1. The molecule has 2 heterocycles. The highest BCUT2D eigenvalue weighted by molar-refractivity contribution is 6.01. The summed E-state index contributed by atoms with van der Waals surface area (Å²) in [5.41, 5.74) is 5.54. The van der Waals surface area contributed by atoms with Gasteiger partial charge in [0.2, 0.25) is 0 Å². The first-order chi connectivity index (χ1) is 11.6. The Morgan fingerprint density at radius 3 is 2.67 bits per heavy atom. The van der Waals surface area contributed by atoms with Gasteiger partial charge in [0.05, 0.1) is 5.56 Å². The van der Waals surface area contributed by atoms with Crippen LogP contribution in [0.4, 0.5) is 5.69 Å². The molecule has 0 saturated heterocycles. The number of carbonyl (C=O) groups excluding carboxylic acids is 1. The highest BCUT2D eigenvalue weighted by Gasteiger charge is 2.35. The third-order valence-corrected chi connectivity index (χ3v) is 5.22. The smallest absolute Gasteiger partial charge is 0.257 e. The lowest BCUT2D eigenvalue weighted by Gasteiger charge is -2.38. The van der Waals surface area contributed by atoms with Gasteiger partial charge in [-0.2, -0.15) is 0 Å². The van der Waals surface area contributed by atoms with Gasteiger partial charge in [-0.05, 0) is 51.3 Å². The van der Waals surface area contributed by atoms with Crippen molar-refractivity contribution in [3.05, 3.63) is 52.8 Å². The van der Waals surface area contributed by atoms with Crippen LogP contribution in [0, 0.1) is 13.8 Å². The van der Waals surface area contributed by atoms with Crippen LogP contribution in [0.15, 0.2) is 30.3 Å². The summed E-state index contributed by atoms with van der Waals surface area (Å²) in [6.07, 6.45) is 3.42. The third kappa shape index (κ3) is 2.32. The van der Waals surface area contributed by atoms with Gasteiger partial charge in [-0.25, -0.2) is 0 Å². The maximum Gasteiger partial charge on any atom is 0.257 e. The summed E-state index contributed by atoms with van der Waals surface area (Å²) >= 11 is 0. The van der Waals surface area contributed by atoms with Crippen LogP contribution in [0.3, 0.4) is 0 Å². The van der Waals surface area contributed by atoms with Crippen LogP contribution in [0.5, 0.6) is 0 Å². The molecule has 4 nitrogen and oxygen atoms in total. The summed E-state index contributed by atoms with van der Waals surface area (Å²) in [5.74, 6) is 0.132. The normalized spacial score (nSPS) is 20.0. The second-order valence-electron chi connectivity index (χ2n) is 7.02. The second-order valence-corrected chi connectivity index (χ2v) is 7.02. The predicted molar refractivity (Wildman–Crippen MR) is 96.3 cm³/mol. The molecule has 1 atom stereocenters. The first kappa shape index (κ1) is 15.3. The number of fused-ring (bicyclic) bond motifs is 1. The minimum Gasteiger partial charge on any atom is -0.361 e. The Morgan fingerprint density at radius 1 is 1.21 bits per heavy atom. The fourth-order valence-electron chi connectivity index (χ4n) is 3.98. The molecule has 0 unspecified atom stereocenters. The zero-order valence-electron chi connectivity index (χ0n) is 14.7. The number of nitrogens with zero attached hydrogens (tertiary/aromatic N) is 2. The zero-order chi connectivity index (χ0) is 16.8. The van der Waals surface area contributed by atoms with Crippen LogP contribution >= 0.6 is 0 Å². The van der Waals surface area contributed by atoms with E-state index in [2.05, 4.69) is 36.7 Å². The third-order valence-electron chi connectivity index (χ3n) is 5.22. The highest BCUT2D eigenvalue weighted by Crippen LogP contribution is 2.41. The Bertz CT molecular complexity index is 788. The number of benzene rings is 1. The molecule has 1 aromatic heterocycles. The van der Waals surface area contributed by atoms with E-state index in [4.69, 9.17) is 0 Å². The molecule has 1 amide bonds. The average molecular weight is 323 g/mol. The van der Waals surface area contributed by atoms with E-state index >= 15 is 0 Å². The largest absolute Gasteiger partial charge is 0.361 e. The van der Waals surface area contributed by atoms with Gasteiger partial charge < -0.3 is 14.8 Å². The molecule has 126 valence electrons. The van der Waals surface area contributed by atoms with Crippen LogP contribution in [0.1, 0.15) is 65.7 Å². The number of anilines is 1. The van der Waals surface area contributed by atoms with E-state index < -0.39 is 0 Å². The number of rotatable bonds is 4. The minimum absolute atomic E-state index is 0.0777. The molecule has 1 aliphatic heterocycles. The molecule has 1 aromatic carbocycles. The number of amides is 1. The molecule has 24 heavy (non-hydrogen) atoms. The van der Waals surface area contributed by atoms with Gasteiger partial charge in [-0.15, -0.1) is 0 Å². The van der Waals surface area contributed by atoms with E-state index in [1.165, 1.54) is 29.8 Å². The quantitative estimate of drug-likeness (QED) is 0.904. The van der Waals surface area contributed by atoms with E-state index in [-0.39, 0.29) is 12.1 Å². The van der Waals surface area contributed by atoms with E-state index in [9.17, 15) is 4.79 Å². The van der Waals surface area contributed by atoms with Gasteiger partial charge in [0, 0.05) is 35.2 Å². The number of carbonyl (C=O) groups is 1. The Kier molecular flexibility index (Phi) is 3.63. The molecule has 2 aliphatic rings. The molecule has 4 rings (SSSR count). The van der Waals surface area contributed by atoms with Crippen molar-refractivity contribution in [3.8, 4) is 0 Å². The van der Waals surface area contributed by atoms with Crippen molar-refractivity contribution in [2.45, 2.75) is 52.2 Å². The van der Waals surface area contributed by atoms with E-state index in [1.54, 1.807) is 0 Å². The lowest BCUT2D eigenvalue weighted by atomic mass is 10.0. The molecule has 1 fully saturated rings. The van der Waals surface area contributed by atoms with Crippen molar-refractivity contribution in [2.75, 3.05) is 11.9 Å². The van der Waals surface area contributed by atoms with Gasteiger partial charge in [0.15, 0.2) is 0 Å². The molecular weight excluding hydrogens is 298 g/mol. The molecule has 0 bridgehead atoms. The van der Waals surface area contributed by atoms with Gasteiger partial charge in [0.1, 0.15) is 6.17 Å². The maximum atomic E-state index is 13.0. The number of aromatic nitrogens is 1. The van der Waals surface area contributed by atoms with Gasteiger partial charge in [-0.1, -0.05) is 19.1 Å². The van der Waals surface area contributed by atoms with Crippen molar-refractivity contribution in [3.63, 3.8) is 0 Å². The lowest BCUT2D eigenvalue weighted by molar-refractivity contribution is 0.0683. The number of hydrogen-bond donors (Lipinski definition) is 1. The van der Waals surface area contributed by atoms with Gasteiger partial charge in [0.25, 0.3) is 5.91 Å². The average Bonchev–Trinajstić information content (AvgIpc) is 3.36. The van der Waals surface area contributed by atoms with Crippen molar-refractivity contribution in [1.82, 2.24) is 9.47 Å². The second kappa shape index (κ2) is 5.69. The standard InChI is InChI=1S/C20H25N3O/c1-4-11-22-19(21-18-8-6-5-7-16(18)20(22)24)17-12-13(2)23(14(17)3)15-9-10-15/h5-8,12,15,19,21H,4,9-11H2,1-3H3/t19-/m1/s1. The van der Waals surface area contributed by atoms with E-state index in [0.717, 1.165) is 24.2 Å². The van der Waals surface area contributed by atoms with Gasteiger partial charge >= 0.3 is 0 Å². The fraction of sp³-hybridized carbons (Fsp3) is 0.450. The summed E-state index contributed by atoms with van der Waals surface area (Å²) in [6.45, 7) is 7.26. The summed E-state index contributed by atoms with van der Waals surface area (Å²) in [7, 11) is 0. The lowest BCUT2D eigenvalue weighted by Crippen LogP contribution is -2.43.